The van der Waals surface area contributed by atoms with Gasteiger partial charge in [0, 0.05) is 32.1 Å². The lowest BCUT2D eigenvalue weighted by Gasteiger charge is -2.38. The molecule has 2 aliphatic heterocycles. The van der Waals surface area contributed by atoms with E-state index in [1.54, 1.807) is 6.20 Å². The molecule has 0 radical (unpaired) electrons. The number of halogens is 1. The first-order valence-corrected chi connectivity index (χ1v) is 8.49. The normalized spacial score (nSPS) is 19.6. The molecular weight excluding hydrogens is 328 g/mol. The molecule has 126 valence electrons. The number of rotatable bonds is 3. The van der Waals surface area contributed by atoms with E-state index in [1.165, 1.54) is 0 Å². The summed E-state index contributed by atoms with van der Waals surface area (Å²) in [4.78, 5) is 11.1. The van der Waals surface area contributed by atoms with E-state index in [0.29, 0.717) is 24.2 Å². The molecule has 0 saturated carbocycles. The number of hydrogen-bond acceptors (Lipinski definition) is 6. The van der Waals surface area contributed by atoms with Gasteiger partial charge in [-0.2, -0.15) is 4.98 Å². The molecule has 2 aromatic rings. The number of aromatic nitrogens is 2. The molecule has 4 rings (SSSR count). The summed E-state index contributed by atoms with van der Waals surface area (Å²) in [5.74, 6) is 1.06. The standard InChI is InChI=1S/C17H19ClN4O2/c18-13-3-1-2-4-14(13)20-16-19-8-5-15(21-16)22-9-6-17(7-10-22)23-11-12-24-17/h1-5,8H,6-7,9-12H2,(H,19,20,21). The SMILES string of the molecule is Clc1ccccc1Nc1nccc(N2CCC3(CC2)OCCO3)n1. The van der Waals surface area contributed by atoms with Gasteiger partial charge in [0.25, 0.3) is 0 Å². The second-order valence-corrected chi connectivity index (χ2v) is 6.35. The Kier molecular flexibility index (Phi) is 4.26. The predicted octanol–water partition coefficient (Wildman–Crippen LogP) is 3.22. The van der Waals surface area contributed by atoms with Gasteiger partial charge in [-0.05, 0) is 18.2 Å². The summed E-state index contributed by atoms with van der Waals surface area (Å²) in [5, 5.41) is 3.81. The average Bonchev–Trinajstić information content (AvgIpc) is 3.06. The van der Waals surface area contributed by atoms with Crippen LogP contribution >= 0.6 is 11.6 Å². The predicted molar refractivity (Wildman–Crippen MR) is 92.8 cm³/mol. The summed E-state index contributed by atoms with van der Waals surface area (Å²) < 4.78 is 11.5. The van der Waals surface area contributed by atoms with Gasteiger partial charge in [0.05, 0.1) is 23.9 Å². The van der Waals surface area contributed by atoms with Gasteiger partial charge in [-0.25, -0.2) is 4.98 Å². The number of hydrogen-bond donors (Lipinski definition) is 1. The van der Waals surface area contributed by atoms with E-state index in [2.05, 4.69) is 20.2 Å². The number of benzene rings is 1. The number of anilines is 3. The Morgan fingerprint density at radius 1 is 1.08 bits per heavy atom. The topological polar surface area (TPSA) is 59.5 Å². The van der Waals surface area contributed by atoms with Crippen LogP contribution in [0.3, 0.4) is 0 Å². The lowest BCUT2D eigenvalue weighted by Crippen LogP contribution is -2.45. The van der Waals surface area contributed by atoms with Gasteiger partial charge in [0.15, 0.2) is 5.79 Å². The van der Waals surface area contributed by atoms with Gasteiger partial charge >= 0.3 is 0 Å². The third-order valence-electron chi connectivity index (χ3n) is 4.42. The van der Waals surface area contributed by atoms with Gasteiger partial charge in [0.1, 0.15) is 5.82 Å². The van der Waals surface area contributed by atoms with E-state index in [9.17, 15) is 0 Å². The number of nitrogens with zero attached hydrogens (tertiary/aromatic N) is 3. The van der Waals surface area contributed by atoms with Crippen molar-refractivity contribution in [1.29, 1.82) is 0 Å². The quantitative estimate of drug-likeness (QED) is 0.920. The van der Waals surface area contributed by atoms with Crippen LogP contribution in [0.2, 0.25) is 5.02 Å². The van der Waals surface area contributed by atoms with Crippen molar-refractivity contribution >= 4 is 29.1 Å². The van der Waals surface area contributed by atoms with Crippen molar-refractivity contribution in [2.24, 2.45) is 0 Å². The highest BCUT2D eigenvalue weighted by Gasteiger charge is 2.40. The Hall–Kier alpha value is -1.89. The van der Waals surface area contributed by atoms with Crippen molar-refractivity contribution in [2.45, 2.75) is 18.6 Å². The van der Waals surface area contributed by atoms with E-state index in [1.807, 2.05) is 30.3 Å². The number of ether oxygens (including phenoxy) is 2. The van der Waals surface area contributed by atoms with Gasteiger partial charge in [-0.1, -0.05) is 23.7 Å². The summed E-state index contributed by atoms with van der Waals surface area (Å²) in [5.41, 5.74) is 0.793. The van der Waals surface area contributed by atoms with Crippen LogP contribution in [0.5, 0.6) is 0 Å². The maximum atomic E-state index is 6.18. The van der Waals surface area contributed by atoms with Crippen molar-refractivity contribution in [3.63, 3.8) is 0 Å². The van der Waals surface area contributed by atoms with Gasteiger partial charge in [0.2, 0.25) is 5.95 Å². The molecule has 0 atom stereocenters. The molecule has 7 heteroatoms. The van der Waals surface area contributed by atoms with Crippen LogP contribution in [0.25, 0.3) is 0 Å². The Balaban J connectivity index is 1.46. The fourth-order valence-electron chi connectivity index (χ4n) is 3.13. The molecule has 0 aliphatic carbocycles. The summed E-state index contributed by atoms with van der Waals surface area (Å²) in [6, 6.07) is 9.47. The molecule has 1 aromatic heterocycles. The Morgan fingerprint density at radius 2 is 1.83 bits per heavy atom. The highest BCUT2D eigenvalue weighted by molar-refractivity contribution is 6.33. The molecule has 2 saturated heterocycles. The van der Waals surface area contributed by atoms with Gasteiger partial charge in [-0.15, -0.1) is 0 Å². The second kappa shape index (κ2) is 6.55. The minimum Gasteiger partial charge on any atom is -0.356 e. The van der Waals surface area contributed by atoms with Crippen LogP contribution in [0, 0.1) is 0 Å². The van der Waals surface area contributed by atoms with E-state index < -0.39 is 0 Å². The molecule has 0 bridgehead atoms. The van der Waals surface area contributed by atoms with Crippen LogP contribution in [-0.2, 0) is 9.47 Å². The van der Waals surface area contributed by atoms with E-state index in [-0.39, 0.29) is 5.79 Å². The molecule has 1 N–H and O–H groups in total. The molecule has 1 spiro atoms. The lowest BCUT2D eigenvalue weighted by atomic mass is 10.0. The van der Waals surface area contributed by atoms with E-state index >= 15 is 0 Å². The maximum absolute atomic E-state index is 6.18. The summed E-state index contributed by atoms with van der Waals surface area (Å²) in [6.07, 6.45) is 3.46. The first-order valence-electron chi connectivity index (χ1n) is 8.12. The van der Waals surface area contributed by atoms with Crippen LogP contribution in [0.4, 0.5) is 17.5 Å². The third-order valence-corrected chi connectivity index (χ3v) is 4.75. The van der Waals surface area contributed by atoms with Crippen LogP contribution in [0.15, 0.2) is 36.5 Å². The molecule has 1 aromatic carbocycles. The number of piperidine rings is 1. The zero-order valence-corrected chi connectivity index (χ0v) is 14.0. The minimum atomic E-state index is -0.373. The van der Waals surface area contributed by atoms with Gasteiger partial charge in [-0.3, -0.25) is 0 Å². The molecule has 2 fully saturated rings. The lowest BCUT2D eigenvalue weighted by molar-refractivity contribution is -0.169. The van der Waals surface area contributed by atoms with Crippen LogP contribution < -0.4 is 10.2 Å². The molecule has 3 heterocycles. The molecule has 0 amide bonds. The number of nitrogens with one attached hydrogen (secondary N) is 1. The average molecular weight is 347 g/mol. The van der Waals surface area contributed by atoms with Crippen molar-refractivity contribution in [2.75, 3.05) is 36.5 Å². The zero-order valence-electron chi connectivity index (χ0n) is 13.2. The largest absolute Gasteiger partial charge is 0.356 e. The molecular formula is C17H19ClN4O2. The monoisotopic (exact) mass is 346 g/mol. The van der Waals surface area contributed by atoms with Crippen LogP contribution in [0.1, 0.15) is 12.8 Å². The Bertz CT molecular complexity index is 711. The second-order valence-electron chi connectivity index (χ2n) is 5.94. The Labute approximate surface area is 145 Å². The minimum absolute atomic E-state index is 0.373. The van der Waals surface area contributed by atoms with Crippen LogP contribution in [-0.4, -0.2) is 42.1 Å². The van der Waals surface area contributed by atoms with E-state index in [4.69, 9.17) is 21.1 Å². The first kappa shape index (κ1) is 15.6. The zero-order chi connectivity index (χ0) is 16.4. The summed E-state index contributed by atoms with van der Waals surface area (Å²) in [7, 11) is 0. The molecule has 6 nitrogen and oxygen atoms in total. The third kappa shape index (κ3) is 3.17. The van der Waals surface area contributed by atoms with Gasteiger partial charge < -0.3 is 19.7 Å². The highest BCUT2D eigenvalue weighted by atomic mass is 35.5. The summed E-state index contributed by atoms with van der Waals surface area (Å²) in [6.45, 7) is 3.09. The van der Waals surface area contributed by atoms with Crippen molar-refractivity contribution < 1.29 is 9.47 Å². The number of para-hydroxylation sites is 1. The molecule has 2 aliphatic rings. The van der Waals surface area contributed by atoms with Crippen molar-refractivity contribution in [3.05, 3.63) is 41.6 Å². The fraction of sp³-hybridized carbons (Fsp3) is 0.412. The smallest absolute Gasteiger partial charge is 0.229 e. The maximum Gasteiger partial charge on any atom is 0.229 e. The highest BCUT2D eigenvalue weighted by Crippen LogP contribution is 2.33. The first-order chi connectivity index (χ1) is 11.7. The van der Waals surface area contributed by atoms with E-state index in [0.717, 1.165) is 37.4 Å². The fourth-order valence-corrected chi connectivity index (χ4v) is 3.31. The van der Waals surface area contributed by atoms with Crippen molar-refractivity contribution in [1.82, 2.24) is 9.97 Å². The summed E-state index contributed by atoms with van der Waals surface area (Å²) >= 11 is 6.18. The Morgan fingerprint density at radius 3 is 2.58 bits per heavy atom. The van der Waals surface area contributed by atoms with Crippen molar-refractivity contribution in [3.8, 4) is 0 Å². The molecule has 0 unspecified atom stereocenters. The molecule has 24 heavy (non-hydrogen) atoms.